The molecule has 1 amide bonds. The topological polar surface area (TPSA) is 33.2 Å². The van der Waals surface area contributed by atoms with E-state index >= 15 is 0 Å². The molecule has 2 aromatic rings. The third kappa shape index (κ3) is 1.93. The van der Waals surface area contributed by atoms with Crippen LogP contribution in [-0.2, 0) is 13.0 Å². The Kier molecular flexibility index (Phi) is 2.88. The normalized spacial score (nSPS) is 15.8. The zero-order valence-electron chi connectivity index (χ0n) is 10.2. The Balaban J connectivity index is 1.78. The summed E-state index contributed by atoms with van der Waals surface area (Å²) in [4.78, 5) is 19.8. The molecule has 3 nitrogen and oxygen atoms in total. The van der Waals surface area contributed by atoms with E-state index in [4.69, 9.17) is 0 Å². The van der Waals surface area contributed by atoms with Crippen molar-refractivity contribution < 1.29 is 4.79 Å². The average Bonchev–Trinajstić information content (AvgIpc) is 2.98. The summed E-state index contributed by atoms with van der Waals surface area (Å²) in [7, 11) is 0. The van der Waals surface area contributed by atoms with Crippen LogP contribution in [0.4, 0.5) is 0 Å². The fourth-order valence-corrected chi connectivity index (χ4v) is 3.16. The van der Waals surface area contributed by atoms with Gasteiger partial charge in [0.15, 0.2) is 0 Å². The maximum absolute atomic E-state index is 12.3. The molecule has 0 aromatic carbocycles. The molecular formula is C14H14N2OS. The van der Waals surface area contributed by atoms with E-state index < -0.39 is 0 Å². The van der Waals surface area contributed by atoms with E-state index in [0.717, 1.165) is 17.7 Å². The SMILES string of the molecule is CC(Cc1cccs1)N1Cc2ncccc2C1=O. The van der Waals surface area contributed by atoms with Crippen molar-refractivity contribution in [2.45, 2.75) is 25.9 Å². The van der Waals surface area contributed by atoms with Gasteiger partial charge in [-0.25, -0.2) is 0 Å². The Bertz CT molecular complexity index is 565. The lowest BCUT2D eigenvalue weighted by Gasteiger charge is -2.23. The Morgan fingerprint density at radius 2 is 2.33 bits per heavy atom. The van der Waals surface area contributed by atoms with Crippen LogP contribution in [0.2, 0.25) is 0 Å². The average molecular weight is 258 g/mol. The highest BCUT2D eigenvalue weighted by atomic mass is 32.1. The van der Waals surface area contributed by atoms with Gasteiger partial charge in [0, 0.05) is 23.5 Å². The molecule has 1 atom stereocenters. The molecule has 3 heterocycles. The van der Waals surface area contributed by atoms with Gasteiger partial charge in [0.05, 0.1) is 17.8 Å². The Morgan fingerprint density at radius 1 is 1.44 bits per heavy atom. The smallest absolute Gasteiger partial charge is 0.256 e. The van der Waals surface area contributed by atoms with Crippen molar-refractivity contribution >= 4 is 17.2 Å². The Hall–Kier alpha value is -1.68. The zero-order chi connectivity index (χ0) is 12.5. The zero-order valence-corrected chi connectivity index (χ0v) is 11.0. The number of pyridine rings is 1. The molecule has 0 saturated carbocycles. The predicted octanol–water partition coefficient (Wildman–Crippen LogP) is 2.73. The first-order valence-corrected chi connectivity index (χ1v) is 6.91. The molecular weight excluding hydrogens is 244 g/mol. The van der Waals surface area contributed by atoms with E-state index in [1.807, 2.05) is 17.0 Å². The standard InChI is InChI=1S/C14H14N2OS/c1-10(8-11-4-3-7-18-11)16-9-13-12(14(16)17)5-2-6-15-13/h2-7,10H,8-9H2,1H3. The molecule has 3 rings (SSSR count). The van der Waals surface area contributed by atoms with Crippen molar-refractivity contribution in [3.05, 3.63) is 52.0 Å². The summed E-state index contributed by atoms with van der Waals surface area (Å²) < 4.78 is 0. The van der Waals surface area contributed by atoms with Gasteiger partial charge in [0.1, 0.15) is 0 Å². The molecule has 0 N–H and O–H groups in total. The fraction of sp³-hybridized carbons (Fsp3) is 0.286. The first kappa shape index (κ1) is 11.4. The lowest BCUT2D eigenvalue weighted by atomic mass is 10.2. The molecule has 92 valence electrons. The first-order valence-electron chi connectivity index (χ1n) is 6.03. The van der Waals surface area contributed by atoms with Gasteiger partial charge >= 0.3 is 0 Å². The van der Waals surface area contributed by atoms with E-state index in [0.29, 0.717) is 6.54 Å². The summed E-state index contributed by atoms with van der Waals surface area (Å²) >= 11 is 1.74. The van der Waals surface area contributed by atoms with Crippen LogP contribution in [0.1, 0.15) is 27.9 Å². The van der Waals surface area contributed by atoms with E-state index in [2.05, 4.69) is 29.4 Å². The molecule has 0 aliphatic carbocycles. The molecule has 2 aromatic heterocycles. The highest BCUT2D eigenvalue weighted by Crippen LogP contribution is 2.24. The van der Waals surface area contributed by atoms with Gasteiger partial charge in [-0.05, 0) is 30.5 Å². The number of nitrogens with zero attached hydrogens (tertiary/aromatic N) is 2. The Labute approximate surface area is 110 Å². The summed E-state index contributed by atoms with van der Waals surface area (Å²) in [5.41, 5.74) is 1.66. The summed E-state index contributed by atoms with van der Waals surface area (Å²) in [5.74, 6) is 0.113. The molecule has 0 saturated heterocycles. The first-order chi connectivity index (χ1) is 8.75. The molecule has 0 spiro atoms. The van der Waals surface area contributed by atoms with Crippen molar-refractivity contribution in [2.75, 3.05) is 0 Å². The monoisotopic (exact) mass is 258 g/mol. The second-order valence-corrected chi connectivity index (χ2v) is 5.60. The molecule has 0 fully saturated rings. The van der Waals surface area contributed by atoms with E-state index in [9.17, 15) is 4.79 Å². The van der Waals surface area contributed by atoms with Gasteiger partial charge in [-0.1, -0.05) is 6.07 Å². The van der Waals surface area contributed by atoms with Crippen LogP contribution in [-0.4, -0.2) is 21.8 Å². The number of carbonyl (C=O) groups excluding carboxylic acids is 1. The second kappa shape index (κ2) is 4.53. The highest BCUT2D eigenvalue weighted by molar-refractivity contribution is 7.09. The highest BCUT2D eigenvalue weighted by Gasteiger charge is 2.31. The van der Waals surface area contributed by atoms with E-state index in [1.165, 1.54) is 4.88 Å². The minimum atomic E-state index is 0.113. The quantitative estimate of drug-likeness (QED) is 0.848. The number of fused-ring (bicyclic) bond motifs is 1. The molecule has 0 radical (unpaired) electrons. The van der Waals surface area contributed by atoms with Crippen LogP contribution in [0, 0.1) is 0 Å². The van der Waals surface area contributed by atoms with Gasteiger partial charge in [-0.3, -0.25) is 9.78 Å². The van der Waals surface area contributed by atoms with Crippen LogP contribution in [0.5, 0.6) is 0 Å². The summed E-state index contributed by atoms with van der Waals surface area (Å²) in [6.07, 6.45) is 2.66. The minimum Gasteiger partial charge on any atom is -0.330 e. The maximum Gasteiger partial charge on any atom is 0.256 e. The van der Waals surface area contributed by atoms with Crippen molar-refractivity contribution in [1.82, 2.24) is 9.88 Å². The van der Waals surface area contributed by atoms with Crippen LogP contribution in [0.25, 0.3) is 0 Å². The van der Waals surface area contributed by atoms with E-state index in [-0.39, 0.29) is 11.9 Å². The number of rotatable bonds is 3. The van der Waals surface area contributed by atoms with Gasteiger partial charge in [0.2, 0.25) is 0 Å². The van der Waals surface area contributed by atoms with E-state index in [1.54, 1.807) is 17.5 Å². The predicted molar refractivity (Wildman–Crippen MR) is 71.6 cm³/mol. The van der Waals surface area contributed by atoms with Crippen molar-refractivity contribution in [3.63, 3.8) is 0 Å². The summed E-state index contributed by atoms with van der Waals surface area (Å²) in [6.45, 7) is 2.74. The minimum absolute atomic E-state index is 0.113. The number of thiophene rings is 1. The molecule has 1 aliphatic heterocycles. The number of amides is 1. The third-order valence-corrected chi connectivity index (χ3v) is 4.21. The van der Waals surface area contributed by atoms with Crippen molar-refractivity contribution in [1.29, 1.82) is 0 Å². The summed E-state index contributed by atoms with van der Waals surface area (Å²) in [5, 5.41) is 2.07. The van der Waals surface area contributed by atoms with Gasteiger partial charge in [-0.15, -0.1) is 11.3 Å². The van der Waals surface area contributed by atoms with Gasteiger partial charge in [0.25, 0.3) is 5.91 Å². The number of carbonyl (C=O) groups is 1. The number of hydrogen-bond acceptors (Lipinski definition) is 3. The molecule has 4 heteroatoms. The Morgan fingerprint density at radius 3 is 3.06 bits per heavy atom. The number of hydrogen-bond donors (Lipinski definition) is 0. The second-order valence-electron chi connectivity index (χ2n) is 4.56. The molecule has 1 aliphatic rings. The molecule has 1 unspecified atom stereocenters. The fourth-order valence-electron chi connectivity index (χ4n) is 2.33. The van der Waals surface area contributed by atoms with Crippen LogP contribution < -0.4 is 0 Å². The maximum atomic E-state index is 12.3. The third-order valence-electron chi connectivity index (χ3n) is 3.31. The van der Waals surface area contributed by atoms with Crippen LogP contribution in [0.3, 0.4) is 0 Å². The molecule has 18 heavy (non-hydrogen) atoms. The van der Waals surface area contributed by atoms with Crippen molar-refractivity contribution in [3.8, 4) is 0 Å². The lowest BCUT2D eigenvalue weighted by molar-refractivity contribution is 0.0717. The summed E-state index contributed by atoms with van der Waals surface area (Å²) in [6, 6.07) is 8.07. The van der Waals surface area contributed by atoms with Crippen molar-refractivity contribution in [2.24, 2.45) is 0 Å². The largest absolute Gasteiger partial charge is 0.330 e. The lowest BCUT2D eigenvalue weighted by Crippen LogP contribution is -2.34. The number of aromatic nitrogens is 1. The molecule has 0 bridgehead atoms. The van der Waals surface area contributed by atoms with Gasteiger partial charge < -0.3 is 4.90 Å². The van der Waals surface area contributed by atoms with Crippen LogP contribution >= 0.6 is 11.3 Å². The van der Waals surface area contributed by atoms with Gasteiger partial charge in [-0.2, -0.15) is 0 Å². The van der Waals surface area contributed by atoms with Crippen LogP contribution in [0.15, 0.2) is 35.8 Å².